The molecule has 1 aromatic carbocycles. The number of ether oxygens (including phenoxy) is 1. The Morgan fingerprint density at radius 2 is 2.19 bits per heavy atom. The molecule has 0 aliphatic heterocycles. The number of nitrogens with one attached hydrogen (secondary N) is 2. The lowest BCUT2D eigenvalue weighted by molar-refractivity contribution is -0.115. The first kappa shape index (κ1) is 18.9. The molecular weight excluding hydrogens is 388 g/mol. The molecule has 0 bridgehead atoms. The molecule has 27 heavy (non-hydrogen) atoms. The van der Waals surface area contributed by atoms with E-state index in [1.54, 1.807) is 7.11 Å². The van der Waals surface area contributed by atoms with Crippen molar-refractivity contribution < 1.29 is 14.6 Å². The van der Waals surface area contributed by atoms with Crippen molar-refractivity contribution in [3.8, 4) is 22.9 Å². The molecule has 2 aromatic heterocycles. The highest BCUT2D eigenvalue weighted by molar-refractivity contribution is 7.99. The number of nitrogens with zero attached hydrogens (tertiary/aromatic N) is 2. The molecule has 0 saturated carbocycles. The average Bonchev–Trinajstić information content (AvgIpc) is 3.09. The topological polar surface area (TPSA) is 117 Å². The van der Waals surface area contributed by atoms with Gasteiger partial charge in [0.2, 0.25) is 11.8 Å². The van der Waals surface area contributed by atoms with Gasteiger partial charge < -0.3 is 20.1 Å². The maximum Gasteiger partial charge on any atom is 0.255 e. The second kappa shape index (κ2) is 8.69. The third-order valence-corrected chi connectivity index (χ3v) is 5.04. The van der Waals surface area contributed by atoms with Crippen LogP contribution in [0.15, 0.2) is 45.7 Å². The summed E-state index contributed by atoms with van der Waals surface area (Å²) in [5, 5.41) is 14.7. The van der Waals surface area contributed by atoms with Crippen LogP contribution in [0.25, 0.3) is 11.3 Å². The first-order valence-corrected chi connectivity index (χ1v) is 9.73. The minimum Gasteiger partial charge on any atom is -0.496 e. The number of aromatic amines is 1. The molecule has 1 amide bonds. The fraction of sp³-hybridized carbons (Fsp3) is 0.176. The molecule has 3 N–H and O–H groups in total. The van der Waals surface area contributed by atoms with Crippen molar-refractivity contribution in [2.24, 2.45) is 0 Å². The number of carbonyl (C=O) groups excluding carboxylic acids is 1. The van der Waals surface area contributed by atoms with Gasteiger partial charge in [0, 0.05) is 23.1 Å². The molecule has 8 nitrogen and oxygen atoms in total. The number of benzene rings is 1. The third-order valence-electron chi connectivity index (χ3n) is 3.41. The Balaban J connectivity index is 1.55. The van der Waals surface area contributed by atoms with Crippen molar-refractivity contribution in [3.05, 3.63) is 46.1 Å². The predicted molar refractivity (Wildman–Crippen MR) is 105 cm³/mol. The third kappa shape index (κ3) is 5.08. The monoisotopic (exact) mass is 404 g/mol. The van der Waals surface area contributed by atoms with E-state index in [2.05, 4.69) is 20.3 Å². The first-order chi connectivity index (χ1) is 13.0. The Morgan fingerprint density at radius 1 is 1.37 bits per heavy atom. The van der Waals surface area contributed by atoms with Crippen LogP contribution in [-0.4, -0.2) is 38.8 Å². The minimum atomic E-state index is -0.443. The van der Waals surface area contributed by atoms with Gasteiger partial charge in [-0.15, -0.1) is 11.3 Å². The molecule has 10 heteroatoms. The molecule has 0 aliphatic carbocycles. The smallest absolute Gasteiger partial charge is 0.255 e. The van der Waals surface area contributed by atoms with E-state index in [-0.39, 0.29) is 23.4 Å². The molecule has 0 aliphatic rings. The van der Waals surface area contributed by atoms with Crippen LogP contribution in [0.3, 0.4) is 0 Å². The van der Waals surface area contributed by atoms with Crippen LogP contribution in [0.4, 0.5) is 5.13 Å². The Kier molecular flexibility index (Phi) is 6.09. The number of hydrogen-bond acceptors (Lipinski definition) is 8. The lowest BCUT2D eigenvalue weighted by atomic mass is 10.1. The highest BCUT2D eigenvalue weighted by atomic mass is 32.2. The van der Waals surface area contributed by atoms with Crippen molar-refractivity contribution in [1.29, 1.82) is 0 Å². The van der Waals surface area contributed by atoms with Crippen LogP contribution in [0.2, 0.25) is 0 Å². The van der Waals surface area contributed by atoms with E-state index in [0.717, 1.165) is 17.3 Å². The van der Waals surface area contributed by atoms with E-state index in [4.69, 9.17) is 4.74 Å². The van der Waals surface area contributed by atoms with E-state index in [0.29, 0.717) is 16.6 Å². The minimum absolute atomic E-state index is 0.202. The zero-order valence-corrected chi connectivity index (χ0v) is 15.9. The van der Waals surface area contributed by atoms with E-state index in [1.807, 2.05) is 29.6 Å². The molecule has 3 rings (SSSR count). The number of H-pyrrole nitrogens is 1. The molecule has 2 heterocycles. The average molecular weight is 404 g/mol. The lowest BCUT2D eigenvalue weighted by Crippen LogP contribution is -2.12. The van der Waals surface area contributed by atoms with Crippen molar-refractivity contribution in [3.63, 3.8) is 0 Å². The largest absolute Gasteiger partial charge is 0.496 e. The first-order valence-electron chi connectivity index (χ1n) is 7.87. The van der Waals surface area contributed by atoms with Crippen LogP contribution in [0.1, 0.15) is 6.42 Å². The number of aromatic hydroxyl groups is 1. The van der Waals surface area contributed by atoms with Crippen LogP contribution in [0.5, 0.6) is 11.6 Å². The van der Waals surface area contributed by atoms with Gasteiger partial charge in [0.25, 0.3) is 5.56 Å². The summed E-state index contributed by atoms with van der Waals surface area (Å²) in [5.41, 5.74) is 1.14. The number of hydrogen-bond donors (Lipinski definition) is 3. The highest BCUT2D eigenvalue weighted by Crippen LogP contribution is 2.31. The van der Waals surface area contributed by atoms with Crippen molar-refractivity contribution in [1.82, 2.24) is 15.0 Å². The summed E-state index contributed by atoms with van der Waals surface area (Å²) in [5.74, 6) is 0.552. The van der Waals surface area contributed by atoms with Crippen molar-refractivity contribution in [2.75, 3.05) is 18.2 Å². The molecular formula is C17H16N4O4S2. The zero-order chi connectivity index (χ0) is 19.2. The van der Waals surface area contributed by atoms with Crippen LogP contribution >= 0.6 is 23.1 Å². The second-order valence-corrected chi connectivity index (χ2v) is 7.24. The number of carbonyl (C=O) groups is 1. The Hall–Kier alpha value is -2.85. The Labute approximate surface area is 162 Å². The highest BCUT2D eigenvalue weighted by Gasteiger charge is 2.11. The molecule has 140 valence electrons. The second-order valence-electron chi connectivity index (χ2n) is 5.29. The molecule has 0 unspecified atom stereocenters. The molecule has 0 saturated heterocycles. The fourth-order valence-corrected chi connectivity index (χ4v) is 3.76. The van der Waals surface area contributed by atoms with Gasteiger partial charge in [0.05, 0.1) is 18.9 Å². The number of thiazole rings is 1. The van der Waals surface area contributed by atoms with E-state index < -0.39 is 5.56 Å². The maximum atomic E-state index is 12.1. The van der Waals surface area contributed by atoms with Gasteiger partial charge in [-0.25, -0.2) is 4.98 Å². The predicted octanol–water partition coefficient (Wildman–Crippen LogP) is 2.73. The van der Waals surface area contributed by atoms with Crippen LogP contribution in [-0.2, 0) is 4.79 Å². The summed E-state index contributed by atoms with van der Waals surface area (Å²) in [4.78, 5) is 34.0. The van der Waals surface area contributed by atoms with Gasteiger partial charge in [-0.3, -0.25) is 9.59 Å². The molecule has 0 radical (unpaired) electrons. The number of methoxy groups -OCH3 is 1. The summed E-state index contributed by atoms with van der Waals surface area (Å²) < 4.78 is 5.33. The fourth-order valence-electron chi connectivity index (χ4n) is 2.22. The quantitative estimate of drug-likeness (QED) is 0.409. The molecule has 3 aromatic rings. The van der Waals surface area contributed by atoms with E-state index in [9.17, 15) is 14.7 Å². The summed E-state index contributed by atoms with van der Waals surface area (Å²) in [6, 6.07) is 8.51. The van der Waals surface area contributed by atoms with E-state index in [1.165, 1.54) is 23.1 Å². The summed E-state index contributed by atoms with van der Waals surface area (Å²) in [6.07, 6.45) is 0.202. The summed E-state index contributed by atoms with van der Waals surface area (Å²) in [7, 11) is 1.60. The van der Waals surface area contributed by atoms with Crippen molar-refractivity contribution in [2.45, 2.75) is 11.6 Å². The lowest BCUT2D eigenvalue weighted by Gasteiger charge is -2.05. The zero-order valence-electron chi connectivity index (χ0n) is 14.3. The summed E-state index contributed by atoms with van der Waals surface area (Å²) >= 11 is 2.50. The Bertz CT molecular complexity index is 1000. The summed E-state index contributed by atoms with van der Waals surface area (Å²) in [6.45, 7) is 0. The van der Waals surface area contributed by atoms with Gasteiger partial charge in [-0.2, -0.15) is 4.98 Å². The van der Waals surface area contributed by atoms with Crippen LogP contribution in [0, 0.1) is 0 Å². The standard InChI is InChI=1S/C17H16N4O4S2/c1-25-12-5-3-2-4-10(12)11-9-27-16(18-11)19-13(22)6-7-26-17-20-14(23)8-15(24)21-17/h2-5,8-9H,6-7H2,1H3,(H,18,19,22)(H2,20,21,23,24). The normalized spacial score (nSPS) is 10.6. The van der Waals surface area contributed by atoms with Crippen molar-refractivity contribution >= 4 is 34.1 Å². The number of para-hydroxylation sites is 1. The maximum absolute atomic E-state index is 12.1. The van der Waals surface area contributed by atoms with Gasteiger partial charge >= 0.3 is 0 Å². The van der Waals surface area contributed by atoms with E-state index >= 15 is 0 Å². The van der Waals surface area contributed by atoms with Gasteiger partial charge in [0.1, 0.15) is 5.75 Å². The van der Waals surface area contributed by atoms with Gasteiger partial charge in [0.15, 0.2) is 10.3 Å². The molecule has 0 fully saturated rings. The Morgan fingerprint density at radius 3 is 2.96 bits per heavy atom. The number of amides is 1. The number of anilines is 1. The van der Waals surface area contributed by atoms with Gasteiger partial charge in [-0.1, -0.05) is 23.9 Å². The molecule has 0 atom stereocenters. The number of aromatic nitrogens is 3. The number of thioether (sulfide) groups is 1. The molecule has 0 spiro atoms. The number of rotatable bonds is 7. The van der Waals surface area contributed by atoms with Gasteiger partial charge in [-0.05, 0) is 12.1 Å². The van der Waals surface area contributed by atoms with Crippen LogP contribution < -0.4 is 15.6 Å². The SMILES string of the molecule is COc1ccccc1-c1csc(NC(=O)CCSc2nc(O)cc(=O)[nH]2)n1.